The second-order valence-electron chi connectivity index (χ2n) is 4.79. The van der Waals surface area contributed by atoms with Crippen LogP contribution >= 0.6 is 0 Å². The smallest absolute Gasteiger partial charge is 0.122 e. The molecule has 0 aliphatic heterocycles. The van der Waals surface area contributed by atoms with Crippen molar-refractivity contribution in [1.29, 1.82) is 0 Å². The topological polar surface area (TPSA) is 30.5 Å². The zero-order valence-electron chi connectivity index (χ0n) is 11.0. The molecule has 1 aromatic rings. The molecule has 0 spiro atoms. The van der Waals surface area contributed by atoms with Gasteiger partial charge in [0.25, 0.3) is 0 Å². The summed E-state index contributed by atoms with van der Waals surface area (Å²) in [5.41, 5.74) is 1.25. The molecular weight excluding hydrogens is 214 g/mol. The van der Waals surface area contributed by atoms with Crippen molar-refractivity contribution in [3.8, 4) is 11.5 Å². The molecule has 0 bridgehead atoms. The molecule has 1 aromatic carbocycles. The van der Waals surface area contributed by atoms with Crippen LogP contribution in [-0.4, -0.2) is 21.3 Å². The van der Waals surface area contributed by atoms with Crippen molar-refractivity contribution in [3.05, 3.63) is 23.8 Å². The van der Waals surface area contributed by atoms with E-state index in [1.807, 2.05) is 13.1 Å². The first-order valence-electron chi connectivity index (χ1n) is 6.09. The molecule has 1 saturated carbocycles. The lowest BCUT2D eigenvalue weighted by Gasteiger charge is -2.18. The molecular formula is C14H21NO2. The van der Waals surface area contributed by atoms with E-state index in [0.717, 1.165) is 23.3 Å². The summed E-state index contributed by atoms with van der Waals surface area (Å²) in [6.07, 6.45) is 1.30. The fourth-order valence-corrected chi connectivity index (χ4v) is 2.45. The van der Waals surface area contributed by atoms with Gasteiger partial charge in [-0.05, 0) is 43.0 Å². The fraction of sp³-hybridized carbons (Fsp3) is 0.571. The van der Waals surface area contributed by atoms with Gasteiger partial charge in [-0.2, -0.15) is 0 Å². The van der Waals surface area contributed by atoms with Gasteiger partial charge in [-0.1, -0.05) is 6.92 Å². The van der Waals surface area contributed by atoms with Crippen LogP contribution in [0.3, 0.4) is 0 Å². The van der Waals surface area contributed by atoms with Crippen molar-refractivity contribution in [2.75, 3.05) is 21.3 Å². The lowest BCUT2D eigenvalue weighted by atomic mass is 10.0. The van der Waals surface area contributed by atoms with Crippen molar-refractivity contribution in [2.45, 2.75) is 19.4 Å². The van der Waals surface area contributed by atoms with Crippen LogP contribution in [0.1, 0.15) is 24.9 Å². The maximum Gasteiger partial charge on any atom is 0.122 e. The molecule has 3 heteroatoms. The molecule has 17 heavy (non-hydrogen) atoms. The van der Waals surface area contributed by atoms with Gasteiger partial charge in [0.15, 0.2) is 0 Å². The van der Waals surface area contributed by atoms with Crippen LogP contribution < -0.4 is 14.8 Å². The summed E-state index contributed by atoms with van der Waals surface area (Å²) in [6, 6.07) is 6.49. The molecule has 0 saturated heterocycles. The number of hydrogen-bond acceptors (Lipinski definition) is 3. The first-order valence-corrected chi connectivity index (χ1v) is 6.09. The molecule has 2 rings (SSSR count). The predicted octanol–water partition coefficient (Wildman–Crippen LogP) is 2.62. The van der Waals surface area contributed by atoms with Gasteiger partial charge < -0.3 is 14.8 Å². The Morgan fingerprint density at radius 3 is 2.06 bits per heavy atom. The van der Waals surface area contributed by atoms with Crippen LogP contribution in [0.4, 0.5) is 0 Å². The minimum absolute atomic E-state index is 0.397. The molecule has 1 N–H and O–H groups in total. The summed E-state index contributed by atoms with van der Waals surface area (Å²) in [6.45, 7) is 2.30. The lowest BCUT2D eigenvalue weighted by molar-refractivity contribution is 0.390. The highest BCUT2D eigenvalue weighted by molar-refractivity contribution is 5.40. The van der Waals surface area contributed by atoms with E-state index in [9.17, 15) is 0 Å². The van der Waals surface area contributed by atoms with Crippen molar-refractivity contribution >= 4 is 0 Å². The van der Waals surface area contributed by atoms with Crippen molar-refractivity contribution in [2.24, 2.45) is 11.8 Å². The minimum atomic E-state index is 0.397. The van der Waals surface area contributed by atoms with Crippen molar-refractivity contribution in [1.82, 2.24) is 5.32 Å². The number of methoxy groups -OCH3 is 2. The monoisotopic (exact) mass is 235 g/mol. The molecule has 3 unspecified atom stereocenters. The Labute approximate surface area is 103 Å². The van der Waals surface area contributed by atoms with Crippen LogP contribution in [0.2, 0.25) is 0 Å². The number of rotatable bonds is 5. The average Bonchev–Trinajstić information content (AvgIpc) is 3.06. The summed E-state index contributed by atoms with van der Waals surface area (Å²) in [7, 11) is 5.39. The zero-order valence-corrected chi connectivity index (χ0v) is 11.0. The quantitative estimate of drug-likeness (QED) is 0.851. The van der Waals surface area contributed by atoms with Crippen molar-refractivity contribution in [3.63, 3.8) is 0 Å². The fourth-order valence-electron chi connectivity index (χ4n) is 2.45. The Kier molecular flexibility index (Phi) is 3.57. The van der Waals surface area contributed by atoms with Gasteiger partial charge in [0.2, 0.25) is 0 Å². The summed E-state index contributed by atoms with van der Waals surface area (Å²) in [5, 5.41) is 3.40. The zero-order chi connectivity index (χ0) is 12.4. The van der Waals surface area contributed by atoms with Crippen LogP contribution in [0, 0.1) is 11.8 Å². The summed E-state index contributed by atoms with van der Waals surface area (Å²) >= 11 is 0. The van der Waals surface area contributed by atoms with Gasteiger partial charge in [0.05, 0.1) is 14.2 Å². The van der Waals surface area contributed by atoms with Gasteiger partial charge in [-0.15, -0.1) is 0 Å². The van der Waals surface area contributed by atoms with Gasteiger partial charge in [-0.3, -0.25) is 0 Å². The van der Waals surface area contributed by atoms with E-state index in [1.54, 1.807) is 14.2 Å². The van der Waals surface area contributed by atoms with Gasteiger partial charge in [-0.25, -0.2) is 0 Å². The SMILES string of the molecule is CNC(c1cc(OC)cc(OC)c1)C1CC1C. The normalized spacial score (nSPS) is 24.2. The van der Waals surface area contributed by atoms with E-state index in [4.69, 9.17) is 9.47 Å². The number of ether oxygens (including phenoxy) is 2. The van der Waals surface area contributed by atoms with E-state index >= 15 is 0 Å². The second kappa shape index (κ2) is 4.96. The Hall–Kier alpha value is -1.22. The predicted molar refractivity (Wildman–Crippen MR) is 68.6 cm³/mol. The maximum absolute atomic E-state index is 5.31. The van der Waals surface area contributed by atoms with Crippen LogP contribution in [0.5, 0.6) is 11.5 Å². The Morgan fingerprint density at radius 1 is 1.18 bits per heavy atom. The summed E-state index contributed by atoms with van der Waals surface area (Å²) in [5.74, 6) is 3.25. The third-order valence-corrected chi connectivity index (χ3v) is 3.64. The van der Waals surface area contributed by atoms with E-state index in [1.165, 1.54) is 12.0 Å². The highest BCUT2D eigenvalue weighted by atomic mass is 16.5. The third kappa shape index (κ3) is 2.55. The van der Waals surface area contributed by atoms with E-state index in [2.05, 4.69) is 24.4 Å². The van der Waals surface area contributed by atoms with Crippen LogP contribution in [-0.2, 0) is 0 Å². The molecule has 1 aliphatic rings. The van der Waals surface area contributed by atoms with Gasteiger partial charge >= 0.3 is 0 Å². The molecule has 0 radical (unpaired) electrons. The summed E-state index contributed by atoms with van der Waals surface area (Å²) in [4.78, 5) is 0. The first kappa shape index (κ1) is 12.2. The van der Waals surface area contributed by atoms with E-state index < -0.39 is 0 Å². The molecule has 0 amide bonds. The molecule has 0 aromatic heterocycles. The molecule has 0 heterocycles. The first-order chi connectivity index (χ1) is 8.19. The minimum Gasteiger partial charge on any atom is -0.497 e. The molecule has 3 nitrogen and oxygen atoms in total. The van der Waals surface area contributed by atoms with Crippen LogP contribution in [0.25, 0.3) is 0 Å². The van der Waals surface area contributed by atoms with E-state index in [0.29, 0.717) is 6.04 Å². The number of hydrogen-bond donors (Lipinski definition) is 1. The third-order valence-electron chi connectivity index (χ3n) is 3.64. The van der Waals surface area contributed by atoms with E-state index in [-0.39, 0.29) is 0 Å². The standard InChI is InChI=1S/C14H21NO2/c1-9-5-13(9)14(15-2)10-6-11(16-3)8-12(7-10)17-4/h6-9,13-15H,5H2,1-4H3. The Morgan fingerprint density at radius 2 is 1.71 bits per heavy atom. The Balaban J connectivity index is 2.28. The lowest BCUT2D eigenvalue weighted by Crippen LogP contribution is -2.19. The Bertz CT molecular complexity index is 370. The highest BCUT2D eigenvalue weighted by Crippen LogP contribution is 2.47. The number of nitrogens with one attached hydrogen (secondary N) is 1. The molecule has 3 atom stereocenters. The largest absolute Gasteiger partial charge is 0.497 e. The summed E-state index contributed by atoms with van der Waals surface area (Å²) < 4.78 is 10.6. The number of benzene rings is 1. The second-order valence-corrected chi connectivity index (χ2v) is 4.79. The average molecular weight is 235 g/mol. The molecule has 1 aliphatic carbocycles. The molecule has 94 valence electrons. The van der Waals surface area contributed by atoms with Crippen molar-refractivity contribution < 1.29 is 9.47 Å². The highest BCUT2D eigenvalue weighted by Gasteiger charge is 2.39. The van der Waals surface area contributed by atoms with Gasteiger partial charge in [0, 0.05) is 12.1 Å². The van der Waals surface area contributed by atoms with Crippen LogP contribution in [0.15, 0.2) is 18.2 Å². The molecule has 1 fully saturated rings. The maximum atomic E-state index is 5.31. The van der Waals surface area contributed by atoms with Gasteiger partial charge in [0.1, 0.15) is 11.5 Å².